The van der Waals surface area contributed by atoms with E-state index in [0.717, 1.165) is 26.4 Å². The van der Waals surface area contributed by atoms with Gasteiger partial charge in [0.1, 0.15) is 10.8 Å². The first-order valence-electron chi connectivity index (χ1n) is 9.84. The van der Waals surface area contributed by atoms with E-state index in [1.54, 1.807) is 35.7 Å². The molecule has 0 aliphatic rings. The summed E-state index contributed by atoms with van der Waals surface area (Å²) in [5.41, 5.74) is 2.67. The quantitative estimate of drug-likeness (QED) is 0.352. The number of aryl methyl sites for hydroxylation is 1. The van der Waals surface area contributed by atoms with Gasteiger partial charge in [0.15, 0.2) is 0 Å². The second-order valence-electron chi connectivity index (χ2n) is 6.99. The highest BCUT2D eigenvalue weighted by molar-refractivity contribution is 7.21. The van der Waals surface area contributed by atoms with E-state index >= 15 is 0 Å². The number of thiazole rings is 1. The van der Waals surface area contributed by atoms with Crippen molar-refractivity contribution in [2.45, 2.75) is 12.8 Å². The normalized spacial score (nSPS) is 11.0. The molecule has 7 nitrogen and oxygen atoms in total. The van der Waals surface area contributed by atoms with Gasteiger partial charge in [0.25, 0.3) is 0 Å². The summed E-state index contributed by atoms with van der Waals surface area (Å²) in [6.07, 6.45) is 2.24. The number of amides is 1. The molecule has 2 aromatic carbocycles. The van der Waals surface area contributed by atoms with Gasteiger partial charge in [-0.3, -0.25) is 4.79 Å². The third-order valence-corrected chi connectivity index (χ3v) is 6.05. The van der Waals surface area contributed by atoms with Crippen molar-refractivity contribution in [2.75, 3.05) is 5.32 Å². The molecule has 32 heavy (non-hydrogen) atoms. The van der Waals surface area contributed by atoms with Crippen molar-refractivity contribution in [2.24, 2.45) is 0 Å². The number of halogens is 1. The first kappa shape index (κ1) is 20.3. The SMILES string of the molecule is O=C(CCc1nc(-c2ccc(Cl)cc2)no1)Nc1ccc(-c2nc3ccccc3s2)cn1. The molecule has 0 spiro atoms. The Morgan fingerprint density at radius 1 is 1.00 bits per heavy atom. The van der Waals surface area contributed by atoms with E-state index in [0.29, 0.717) is 29.0 Å². The van der Waals surface area contributed by atoms with Gasteiger partial charge in [-0.2, -0.15) is 4.98 Å². The first-order chi connectivity index (χ1) is 15.6. The highest BCUT2D eigenvalue weighted by Gasteiger charge is 2.12. The van der Waals surface area contributed by atoms with Crippen LogP contribution in [-0.2, 0) is 11.2 Å². The van der Waals surface area contributed by atoms with Crippen LogP contribution >= 0.6 is 22.9 Å². The van der Waals surface area contributed by atoms with Crippen LogP contribution in [0, 0.1) is 0 Å². The van der Waals surface area contributed by atoms with E-state index in [1.807, 2.05) is 42.5 Å². The van der Waals surface area contributed by atoms with E-state index < -0.39 is 0 Å². The summed E-state index contributed by atoms with van der Waals surface area (Å²) < 4.78 is 6.37. The molecular weight excluding hydrogens is 446 g/mol. The number of rotatable bonds is 6. The van der Waals surface area contributed by atoms with Gasteiger partial charge in [-0.15, -0.1) is 11.3 Å². The molecule has 1 N–H and O–H groups in total. The molecule has 3 aromatic heterocycles. The fraction of sp³-hybridized carbons (Fsp3) is 0.0870. The number of benzene rings is 2. The Hall–Kier alpha value is -3.62. The average molecular weight is 462 g/mol. The van der Waals surface area contributed by atoms with Gasteiger partial charge in [0.2, 0.25) is 17.6 Å². The highest BCUT2D eigenvalue weighted by Crippen LogP contribution is 2.29. The van der Waals surface area contributed by atoms with Gasteiger partial charge in [-0.1, -0.05) is 28.9 Å². The summed E-state index contributed by atoms with van der Waals surface area (Å²) in [6, 6.07) is 18.8. The molecule has 5 rings (SSSR count). The lowest BCUT2D eigenvalue weighted by molar-refractivity contribution is -0.116. The Morgan fingerprint density at radius 3 is 2.59 bits per heavy atom. The van der Waals surface area contributed by atoms with E-state index in [4.69, 9.17) is 16.1 Å². The first-order valence-corrected chi connectivity index (χ1v) is 11.0. The van der Waals surface area contributed by atoms with Crippen molar-refractivity contribution in [1.29, 1.82) is 0 Å². The Bertz CT molecular complexity index is 1350. The highest BCUT2D eigenvalue weighted by atomic mass is 35.5. The van der Waals surface area contributed by atoms with Crippen LogP contribution in [0.15, 0.2) is 71.4 Å². The van der Waals surface area contributed by atoms with Crippen LogP contribution in [0.4, 0.5) is 5.82 Å². The predicted octanol–water partition coefficient (Wildman–Crippen LogP) is 5.63. The van der Waals surface area contributed by atoms with E-state index in [2.05, 4.69) is 25.4 Å². The second kappa shape index (κ2) is 8.86. The minimum absolute atomic E-state index is 0.184. The lowest BCUT2D eigenvalue weighted by Gasteiger charge is -2.04. The number of fused-ring (bicyclic) bond motifs is 1. The minimum atomic E-state index is -0.184. The Balaban J connectivity index is 1.18. The standard InChI is InChI=1S/C23H16ClN5O2S/c24-16-8-5-14(6-9-16)22-28-21(31-29-22)12-11-20(30)27-19-10-7-15(13-25-19)23-26-17-3-1-2-4-18(17)32-23/h1-10,13H,11-12H2,(H,25,27,30). The lowest BCUT2D eigenvalue weighted by Crippen LogP contribution is -2.13. The van der Waals surface area contributed by atoms with Gasteiger partial charge in [0, 0.05) is 35.2 Å². The molecule has 0 saturated carbocycles. The predicted molar refractivity (Wildman–Crippen MR) is 125 cm³/mol. The zero-order chi connectivity index (χ0) is 21.9. The maximum absolute atomic E-state index is 12.3. The number of hydrogen-bond donors (Lipinski definition) is 1. The topological polar surface area (TPSA) is 93.8 Å². The van der Waals surface area contributed by atoms with Crippen molar-refractivity contribution >= 4 is 44.9 Å². The van der Waals surface area contributed by atoms with Gasteiger partial charge >= 0.3 is 0 Å². The number of carbonyl (C=O) groups excluding carboxylic acids is 1. The molecule has 9 heteroatoms. The molecule has 0 unspecified atom stereocenters. The van der Waals surface area contributed by atoms with Crippen molar-refractivity contribution in [3.05, 3.63) is 77.8 Å². The Morgan fingerprint density at radius 2 is 1.81 bits per heavy atom. The third kappa shape index (κ3) is 4.51. The molecule has 0 bridgehead atoms. The van der Waals surface area contributed by atoms with E-state index in [1.165, 1.54) is 0 Å². The van der Waals surface area contributed by atoms with E-state index in [-0.39, 0.29) is 12.3 Å². The molecule has 0 fully saturated rings. The zero-order valence-corrected chi connectivity index (χ0v) is 18.2. The van der Waals surface area contributed by atoms with Gasteiger partial charge in [-0.25, -0.2) is 9.97 Å². The summed E-state index contributed by atoms with van der Waals surface area (Å²) in [6.45, 7) is 0. The molecule has 0 atom stereocenters. The minimum Gasteiger partial charge on any atom is -0.339 e. The van der Waals surface area contributed by atoms with Crippen LogP contribution < -0.4 is 5.32 Å². The number of aromatic nitrogens is 4. The molecule has 0 aliphatic heterocycles. The largest absolute Gasteiger partial charge is 0.339 e. The molecule has 0 saturated heterocycles. The molecule has 0 aliphatic carbocycles. The van der Waals surface area contributed by atoms with Crippen molar-refractivity contribution < 1.29 is 9.32 Å². The maximum Gasteiger partial charge on any atom is 0.227 e. The number of para-hydroxylation sites is 1. The lowest BCUT2D eigenvalue weighted by atomic mass is 10.2. The van der Waals surface area contributed by atoms with Crippen LogP contribution in [0.25, 0.3) is 32.2 Å². The van der Waals surface area contributed by atoms with Gasteiger partial charge in [-0.05, 0) is 48.5 Å². The number of pyridine rings is 1. The molecule has 158 valence electrons. The second-order valence-corrected chi connectivity index (χ2v) is 8.45. The molecule has 5 aromatic rings. The maximum atomic E-state index is 12.3. The smallest absolute Gasteiger partial charge is 0.227 e. The number of carbonyl (C=O) groups is 1. The fourth-order valence-electron chi connectivity index (χ4n) is 3.09. The monoisotopic (exact) mass is 461 g/mol. The number of anilines is 1. The zero-order valence-electron chi connectivity index (χ0n) is 16.7. The van der Waals surface area contributed by atoms with Gasteiger partial charge in [0.05, 0.1) is 10.2 Å². The van der Waals surface area contributed by atoms with Gasteiger partial charge < -0.3 is 9.84 Å². The molecular formula is C23H16ClN5O2S. The van der Waals surface area contributed by atoms with Crippen LogP contribution in [0.5, 0.6) is 0 Å². The summed E-state index contributed by atoms with van der Waals surface area (Å²) in [7, 11) is 0. The summed E-state index contributed by atoms with van der Waals surface area (Å²) >= 11 is 7.50. The summed E-state index contributed by atoms with van der Waals surface area (Å²) in [5.74, 6) is 1.15. The van der Waals surface area contributed by atoms with Crippen molar-refractivity contribution in [3.8, 4) is 22.0 Å². The molecule has 0 radical (unpaired) electrons. The third-order valence-electron chi connectivity index (χ3n) is 4.71. The van der Waals surface area contributed by atoms with Crippen LogP contribution in [0.3, 0.4) is 0 Å². The van der Waals surface area contributed by atoms with Crippen molar-refractivity contribution in [1.82, 2.24) is 20.1 Å². The number of nitrogens with one attached hydrogen (secondary N) is 1. The van der Waals surface area contributed by atoms with Crippen LogP contribution in [0.1, 0.15) is 12.3 Å². The van der Waals surface area contributed by atoms with Crippen LogP contribution in [0.2, 0.25) is 5.02 Å². The summed E-state index contributed by atoms with van der Waals surface area (Å²) in [5, 5.41) is 8.27. The molecule has 3 heterocycles. The average Bonchev–Trinajstić information content (AvgIpc) is 3.46. The fourth-order valence-corrected chi connectivity index (χ4v) is 4.17. The number of hydrogen-bond acceptors (Lipinski definition) is 7. The Labute approximate surface area is 192 Å². The van der Waals surface area contributed by atoms with E-state index in [9.17, 15) is 4.79 Å². The van der Waals surface area contributed by atoms with Crippen molar-refractivity contribution in [3.63, 3.8) is 0 Å². The molecule has 1 amide bonds. The summed E-state index contributed by atoms with van der Waals surface area (Å²) in [4.78, 5) is 25.6. The van der Waals surface area contributed by atoms with Crippen LogP contribution in [-0.4, -0.2) is 26.0 Å². The Kier molecular flexibility index (Phi) is 5.62. The number of nitrogens with zero attached hydrogens (tertiary/aromatic N) is 4.